The zero-order valence-electron chi connectivity index (χ0n) is 8.82. The summed E-state index contributed by atoms with van der Waals surface area (Å²) >= 11 is 1.65. The van der Waals surface area contributed by atoms with E-state index < -0.39 is 5.54 Å². The molecule has 1 atom stereocenters. The van der Waals surface area contributed by atoms with Gasteiger partial charge in [-0.25, -0.2) is 0 Å². The predicted octanol–water partition coefficient (Wildman–Crippen LogP) is 1.81. The SMILES string of the molecule is CC(NC(=O)C1(N)CCC1)c1cccs1. The van der Waals surface area contributed by atoms with Gasteiger partial charge in [-0.15, -0.1) is 11.3 Å². The van der Waals surface area contributed by atoms with E-state index in [0.29, 0.717) is 0 Å². The maximum Gasteiger partial charge on any atom is 0.240 e. The monoisotopic (exact) mass is 224 g/mol. The van der Waals surface area contributed by atoms with Crippen LogP contribution in [0.25, 0.3) is 0 Å². The van der Waals surface area contributed by atoms with Crippen LogP contribution in [0, 0.1) is 0 Å². The Morgan fingerprint density at radius 1 is 1.67 bits per heavy atom. The van der Waals surface area contributed by atoms with Gasteiger partial charge in [0.05, 0.1) is 11.6 Å². The van der Waals surface area contributed by atoms with Crippen molar-refractivity contribution in [1.82, 2.24) is 5.32 Å². The summed E-state index contributed by atoms with van der Waals surface area (Å²) in [6.45, 7) is 1.99. The van der Waals surface area contributed by atoms with Crippen LogP contribution in [-0.4, -0.2) is 11.4 Å². The van der Waals surface area contributed by atoms with Crippen molar-refractivity contribution in [1.29, 1.82) is 0 Å². The Balaban J connectivity index is 1.94. The fraction of sp³-hybridized carbons (Fsp3) is 0.545. The molecule has 1 aromatic heterocycles. The molecule has 3 N–H and O–H groups in total. The molecule has 15 heavy (non-hydrogen) atoms. The van der Waals surface area contributed by atoms with E-state index in [1.165, 1.54) is 4.88 Å². The maximum atomic E-state index is 11.8. The molecule has 1 amide bonds. The lowest BCUT2D eigenvalue weighted by Crippen LogP contribution is -2.58. The average molecular weight is 224 g/mol. The third-order valence-electron chi connectivity index (χ3n) is 3.02. The smallest absolute Gasteiger partial charge is 0.240 e. The number of carbonyl (C=O) groups excluding carboxylic acids is 1. The van der Waals surface area contributed by atoms with Crippen LogP contribution in [0.15, 0.2) is 17.5 Å². The summed E-state index contributed by atoms with van der Waals surface area (Å²) in [5.41, 5.74) is 5.35. The van der Waals surface area contributed by atoms with Gasteiger partial charge < -0.3 is 11.1 Å². The molecule has 1 aromatic rings. The van der Waals surface area contributed by atoms with E-state index in [0.717, 1.165) is 19.3 Å². The molecule has 3 nitrogen and oxygen atoms in total. The van der Waals surface area contributed by atoms with Crippen LogP contribution in [0.4, 0.5) is 0 Å². The molecule has 2 rings (SSSR count). The Morgan fingerprint density at radius 2 is 2.40 bits per heavy atom. The summed E-state index contributed by atoms with van der Waals surface area (Å²) in [7, 11) is 0. The number of rotatable bonds is 3. The van der Waals surface area contributed by atoms with Crippen molar-refractivity contribution in [3.8, 4) is 0 Å². The summed E-state index contributed by atoms with van der Waals surface area (Å²) in [4.78, 5) is 13.0. The van der Waals surface area contributed by atoms with E-state index in [4.69, 9.17) is 5.73 Å². The lowest BCUT2D eigenvalue weighted by atomic mass is 9.77. The van der Waals surface area contributed by atoms with Gasteiger partial charge in [0.2, 0.25) is 5.91 Å². The number of hydrogen-bond acceptors (Lipinski definition) is 3. The molecule has 82 valence electrons. The standard InChI is InChI=1S/C11H16N2OS/c1-8(9-4-2-7-15-9)13-10(14)11(12)5-3-6-11/h2,4,7-8H,3,5-6,12H2,1H3,(H,13,14). The Bertz CT molecular complexity index is 343. The van der Waals surface area contributed by atoms with Crippen molar-refractivity contribution >= 4 is 17.2 Å². The molecular formula is C11H16N2OS. The van der Waals surface area contributed by atoms with Crippen molar-refractivity contribution in [3.63, 3.8) is 0 Å². The Labute approximate surface area is 93.7 Å². The lowest BCUT2D eigenvalue weighted by Gasteiger charge is -2.37. The van der Waals surface area contributed by atoms with Gasteiger partial charge in [-0.05, 0) is 37.6 Å². The quantitative estimate of drug-likeness (QED) is 0.822. The zero-order chi connectivity index (χ0) is 10.9. The highest BCUT2D eigenvalue weighted by Gasteiger charge is 2.40. The first-order valence-electron chi connectivity index (χ1n) is 5.25. The zero-order valence-corrected chi connectivity index (χ0v) is 9.64. The third-order valence-corrected chi connectivity index (χ3v) is 4.07. The normalized spacial score (nSPS) is 20.4. The largest absolute Gasteiger partial charge is 0.347 e. The minimum absolute atomic E-state index is 0.00495. The van der Waals surface area contributed by atoms with Gasteiger partial charge in [0.1, 0.15) is 0 Å². The first-order chi connectivity index (χ1) is 7.12. The first-order valence-corrected chi connectivity index (χ1v) is 6.13. The summed E-state index contributed by atoms with van der Waals surface area (Å²) in [5.74, 6) is -0.00495. The molecule has 0 spiro atoms. The van der Waals surface area contributed by atoms with E-state index in [9.17, 15) is 4.79 Å². The van der Waals surface area contributed by atoms with Gasteiger partial charge >= 0.3 is 0 Å². The second-order valence-corrected chi connectivity index (χ2v) is 5.20. The van der Waals surface area contributed by atoms with E-state index in [1.807, 2.05) is 24.4 Å². The van der Waals surface area contributed by atoms with E-state index >= 15 is 0 Å². The highest BCUT2D eigenvalue weighted by atomic mass is 32.1. The van der Waals surface area contributed by atoms with Gasteiger partial charge in [-0.1, -0.05) is 6.07 Å². The molecule has 4 heteroatoms. The molecule has 1 aliphatic rings. The maximum absolute atomic E-state index is 11.8. The van der Waals surface area contributed by atoms with Gasteiger partial charge in [-0.2, -0.15) is 0 Å². The fourth-order valence-corrected chi connectivity index (χ4v) is 2.47. The van der Waals surface area contributed by atoms with Crippen molar-refractivity contribution in [3.05, 3.63) is 22.4 Å². The molecule has 0 radical (unpaired) electrons. The van der Waals surface area contributed by atoms with Crippen LogP contribution in [-0.2, 0) is 4.79 Å². The predicted molar refractivity (Wildman–Crippen MR) is 61.6 cm³/mol. The highest BCUT2D eigenvalue weighted by molar-refractivity contribution is 7.10. The summed E-state index contributed by atoms with van der Waals surface area (Å²) < 4.78 is 0. The molecule has 0 saturated heterocycles. The summed E-state index contributed by atoms with van der Waals surface area (Å²) in [5, 5.41) is 4.98. The van der Waals surface area contributed by atoms with E-state index in [-0.39, 0.29) is 11.9 Å². The van der Waals surface area contributed by atoms with Crippen molar-refractivity contribution in [2.24, 2.45) is 5.73 Å². The summed E-state index contributed by atoms with van der Waals surface area (Å²) in [6, 6.07) is 4.09. The van der Waals surface area contributed by atoms with Gasteiger partial charge in [-0.3, -0.25) is 4.79 Å². The molecule has 0 aliphatic heterocycles. The van der Waals surface area contributed by atoms with Gasteiger partial charge in [0, 0.05) is 4.88 Å². The van der Waals surface area contributed by atoms with Crippen LogP contribution >= 0.6 is 11.3 Å². The number of hydrogen-bond donors (Lipinski definition) is 2. The second kappa shape index (κ2) is 3.94. The molecule has 1 heterocycles. The number of amides is 1. The van der Waals surface area contributed by atoms with Crippen molar-refractivity contribution < 1.29 is 4.79 Å². The number of thiophene rings is 1. The molecular weight excluding hydrogens is 208 g/mol. The van der Waals surface area contributed by atoms with Crippen LogP contribution in [0.2, 0.25) is 0 Å². The molecule has 1 aliphatic carbocycles. The molecule has 1 fully saturated rings. The van der Waals surface area contributed by atoms with Gasteiger partial charge in [0.15, 0.2) is 0 Å². The topological polar surface area (TPSA) is 55.1 Å². The van der Waals surface area contributed by atoms with Crippen LogP contribution < -0.4 is 11.1 Å². The Kier molecular flexibility index (Phi) is 2.80. The minimum Gasteiger partial charge on any atom is -0.347 e. The molecule has 1 saturated carbocycles. The number of nitrogens with two attached hydrogens (primary N) is 1. The minimum atomic E-state index is -0.592. The second-order valence-electron chi connectivity index (χ2n) is 4.22. The average Bonchev–Trinajstić information content (AvgIpc) is 2.66. The lowest BCUT2D eigenvalue weighted by molar-refractivity contribution is -0.129. The first kappa shape index (κ1) is 10.6. The number of carbonyl (C=O) groups is 1. The molecule has 0 aromatic carbocycles. The molecule has 1 unspecified atom stereocenters. The highest BCUT2D eigenvalue weighted by Crippen LogP contribution is 2.30. The van der Waals surface area contributed by atoms with E-state index in [1.54, 1.807) is 11.3 Å². The fourth-order valence-electron chi connectivity index (χ4n) is 1.73. The van der Waals surface area contributed by atoms with Crippen molar-refractivity contribution in [2.45, 2.75) is 37.8 Å². The van der Waals surface area contributed by atoms with Crippen LogP contribution in [0.3, 0.4) is 0 Å². The van der Waals surface area contributed by atoms with Gasteiger partial charge in [0.25, 0.3) is 0 Å². The summed E-state index contributed by atoms with van der Waals surface area (Å²) in [6.07, 6.45) is 2.70. The Morgan fingerprint density at radius 3 is 2.87 bits per heavy atom. The van der Waals surface area contributed by atoms with Crippen molar-refractivity contribution in [2.75, 3.05) is 0 Å². The van der Waals surface area contributed by atoms with Crippen LogP contribution in [0.5, 0.6) is 0 Å². The molecule has 0 bridgehead atoms. The Hall–Kier alpha value is -0.870. The third kappa shape index (κ3) is 2.06. The van der Waals surface area contributed by atoms with Crippen LogP contribution in [0.1, 0.15) is 37.1 Å². The number of nitrogens with one attached hydrogen (secondary N) is 1. The van der Waals surface area contributed by atoms with E-state index in [2.05, 4.69) is 5.32 Å².